The van der Waals surface area contributed by atoms with Gasteiger partial charge in [0.25, 0.3) is 11.5 Å². The molecule has 3 aromatic carbocycles. The van der Waals surface area contributed by atoms with Gasteiger partial charge in [-0.3, -0.25) is 19.1 Å². The van der Waals surface area contributed by atoms with Crippen molar-refractivity contribution in [3.63, 3.8) is 0 Å². The van der Waals surface area contributed by atoms with Gasteiger partial charge in [0, 0.05) is 23.7 Å². The number of esters is 1. The molecule has 360 valence electrons. The predicted octanol–water partition coefficient (Wildman–Crippen LogP) is 3.38. The van der Waals surface area contributed by atoms with E-state index in [1.165, 1.54) is 55.3 Å². The molecule has 2 aromatic heterocycles. The minimum Gasteiger partial charge on any atom is -0.503 e. The molecule has 1 saturated heterocycles. The number of phosphoric acid groups is 3. The summed E-state index contributed by atoms with van der Waals surface area (Å²) in [6.07, 6.45) is -3.02. The van der Waals surface area contributed by atoms with Crippen molar-refractivity contribution in [3.05, 3.63) is 90.3 Å². The van der Waals surface area contributed by atoms with Crippen molar-refractivity contribution >= 4 is 75.5 Å². The molecule has 1 amide bonds. The summed E-state index contributed by atoms with van der Waals surface area (Å²) in [5.41, 5.74) is 3.20. The summed E-state index contributed by atoms with van der Waals surface area (Å²) in [6, 6.07) is 6.68. The summed E-state index contributed by atoms with van der Waals surface area (Å²) in [7, 11) is -14.5. The van der Waals surface area contributed by atoms with Crippen LogP contribution in [-0.2, 0) is 41.9 Å². The number of rotatable bonds is 12. The number of hydrogen-bond donors (Lipinski definition) is 10. The van der Waals surface area contributed by atoms with Gasteiger partial charge in [-0.1, -0.05) is 35.0 Å². The zero-order chi connectivity index (χ0) is 49.4. The number of aromatic hydroxyl groups is 2. The minimum atomic E-state index is -5.83. The first-order chi connectivity index (χ1) is 31.9. The van der Waals surface area contributed by atoms with Crippen LogP contribution in [0.25, 0.3) is 11.0 Å². The maximum Gasteiger partial charge on any atom is 0.490 e. The van der Waals surface area contributed by atoms with Crippen LogP contribution in [0.5, 0.6) is 34.5 Å². The lowest BCUT2D eigenvalue weighted by molar-refractivity contribution is -0.0421. The van der Waals surface area contributed by atoms with E-state index in [1.54, 1.807) is 0 Å². The highest BCUT2D eigenvalue weighted by atomic mass is 35.5. The number of carbonyl (C=O) groups excluding carboxylic acids is 2. The fraction of sp³-hybridized carbons (Fsp3) is 0.243. The molecule has 5 aromatic rings. The Labute approximate surface area is 389 Å². The molecule has 0 aliphatic carbocycles. The molecule has 2 unspecified atom stereocenters. The van der Waals surface area contributed by atoms with Crippen LogP contribution in [0.3, 0.4) is 0 Å². The number of nitrogens with two attached hydrogens (primary N) is 1. The van der Waals surface area contributed by atoms with Crippen LogP contribution in [-0.4, -0.2) is 101 Å². The van der Waals surface area contributed by atoms with E-state index in [0.717, 1.165) is 0 Å². The number of phosphoric ester groups is 1. The zero-order valence-corrected chi connectivity index (χ0v) is 38.4. The first kappa shape index (κ1) is 48.7. The molecule has 68 heavy (non-hydrogen) atoms. The van der Waals surface area contributed by atoms with Gasteiger partial charge in [-0.2, -0.15) is 13.6 Å². The van der Waals surface area contributed by atoms with E-state index < -0.39 is 83.0 Å². The molecule has 1 fully saturated rings. The summed E-state index contributed by atoms with van der Waals surface area (Å²) in [4.78, 5) is 83.8. The van der Waals surface area contributed by atoms with Crippen LogP contribution >= 0.6 is 46.7 Å². The lowest BCUT2D eigenvalue weighted by Gasteiger charge is -2.37. The van der Waals surface area contributed by atoms with Gasteiger partial charge in [0.2, 0.25) is 5.95 Å². The number of benzene rings is 3. The van der Waals surface area contributed by atoms with Crippen LogP contribution in [0, 0.1) is 11.8 Å². The second-order valence-corrected chi connectivity index (χ2v) is 19.7. The highest BCUT2D eigenvalue weighted by Gasteiger charge is 2.56. The van der Waals surface area contributed by atoms with Gasteiger partial charge in [0.1, 0.15) is 22.4 Å². The number of aromatic nitrogens is 3. The highest BCUT2D eigenvalue weighted by molar-refractivity contribution is 7.66. The average molecular weight is 1050 g/mol. The average Bonchev–Trinajstić information content (AvgIpc) is 3.90. The summed E-state index contributed by atoms with van der Waals surface area (Å²) < 4.78 is 76.8. The third-order valence-electron chi connectivity index (χ3n) is 10.4. The smallest absolute Gasteiger partial charge is 0.490 e. The maximum atomic E-state index is 13.8. The normalized spacial score (nSPS) is 19.7. The van der Waals surface area contributed by atoms with Crippen molar-refractivity contribution in [1.82, 2.24) is 19.9 Å². The van der Waals surface area contributed by atoms with Crippen molar-refractivity contribution in [1.29, 1.82) is 0 Å². The Balaban J connectivity index is 1.05. The molecular weight excluding hydrogens is 1010 g/mol. The Morgan fingerprint density at radius 2 is 1.62 bits per heavy atom. The number of ether oxygens (including phenoxy) is 5. The molecule has 3 aliphatic rings. The van der Waals surface area contributed by atoms with Gasteiger partial charge in [0.15, 0.2) is 45.7 Å². The Morgan fingerprint density at radius 3 is 2.22 bits per heavy atom. The Kier molecular flexibility index (Phi) is 12.7. The summed E-state index contributed by atoms with van der Waals surface area (Å²) >= 11 is 13.2. The number of aliphatic hydroxyl groups is 1. The molecule has 3 aliphatic heterocycles. The number of phenols is 2. The predicted molar refractivity (Wildman–Crippen MR) is 229 cm³/mol. The summed E-state index contributed by atoms with van der Waals surface area (Å²) in [5, 5.41) is 34.1. The molecule has 5 atom stereocenters. The van der Waals surface area contributed by atoms with Gasteiger partial charge in [-0.15, -0.1) is 0 Å². The number of nitrogen functional groups attached to an aromatic ring is 1. The summed E-state index contributed by atoms with van der Waals surface area (Å²) in [5.74, 6) is 1.85. The number of fused-ring (bicyclic) bond motifs is 7. The Hall–Kier alpha value is -5.71. The number of H-pyrrole nitrogens is 1. The number of aliphatic hydroxyl groups excluding tert-OH is 1. The van der Waals surface area contributed by atoms with E-state index in [0.29, 0.717) is 0 Å². The lowest BCUT2D eigenvalue weighted by Crippen LogP contribution is -2.34. The number of nitrogens with zero attached hydrogens (tertiary/aromatic N) is 2. The van der Waals surface area contributed by atoms with Crippen LogP contribution in [0.1, 0.15) is 55.6 Å². The standard InChI is InChI=1S/C37H32Cl2N5O21P3/c1-58-21-9-18-30(26(38)28(21)46)62-31-19(10-22(59-2)29(47)27(31)39)37(18)17-8-14(5-6-16(17)35(50)63-37)33(48)41-7-3-4-15-12-44(32-25(15)34(49)43-36(40)42-32)24-11-20(45)23(61-24)13-60-67(54,55)65-68(56,57)64-66(51,52)53/h5-6,8-10,12,20,23-24,45-47H,7,11,13H2,1-2H3,(H,41,48)(H,54,55)(H,56,57)(H2,51,52,53)(H3,40,42,43,49)/t20-,23+,24+/m0/s1. The molecule has 8 rings (SSSR count). The molecule has 26 nitrogen and oxygen atoms in total. The SMILES string of the molecule is COc1cc2c(c(Cl)c1O)Oc1c(cc(OC)c(O)c1Cl)C21OC(=O)c2ccc(C(=O)NCC#Cc3cn([C@H]4C[C@H](O)[C@@H](COP(=O)(O)OP(=O)(O)OP(=O)(O)O)O4)c4nc(N)[nH]c(=O)c34)cc21. The number of aromatic amines is 1. The topological polar surface area (TPSA) is 390 Å². The highest BCUT2D eigenvalue weighted by Crippen LogP contribution is 2.67. The van der Waals surface area contributed by atoms with Crippen LogP contribution in [0.15, 0.2) is 41.3 Å². The van der Waals surface area contributed by atoms with E-state index in [-0.39, 0.29) is 96.4 Å². The second-order valence-electron chi connectivity index (χ2n) is 14.6. The molecule has 31 heteroatoms. The minimum absolute atomic E-state index is 0.00621. The number of amides is 1. The number of halogens is 2. The van der Waals surface area contributed by atoms with Crippen molar-refractivity contribution in [2.24, 2.45) is 0 Å². The van der Waals surface area contributed by atoms with Crippen LogP contribution in [0.2, 0.25) is 10.0 Å². The molecule has 0 bridgehead atoms. The first-order valence-electron chi connectivity index (χ1n) is 18.9. The number of phenolic OH excluding ortho intramolecular Hbond substituents is 2. The van der Waals surface area contributed by atoms with Gasteiger partial charge in [0.05, 0.1) is 61.1 Å². The van der Waals surface area contributed by atoms with Gasteiger partial charge in [-0.25, -0.2) is 18.5 Å². The van der Waals surface area contributed by atoms with Crippen LogP contribution < -0.4 is 30.8 Å². The second kappa shape index (κ2) is 17.7. The number of methoxy groups -OCH3 is 2. The molecule has 11 N–H and O–H groups in total. The van der Waals surface area contributed by atoms with Gasteiger partial charge in [-0.05, 0) is 30.3 Å². The molecule has 5 heterocycles. The number of hydrogen-bond acceptors (Lipinski definition) is 19. The number of carbonyl (C=O) groups is 2. The van der Waals surface area contributed by atoms with Crippen molar-refractivity contribution in [2.45, 2.75) is 30.5 Å². The fourth-order valence-corrected chi connectivity index (χ4v) is 11.1. The fourth-order valence-electron chi connectivity index (χ4n) is 7.64. The van der Waals surface area contributed by atoms with E-state index in [1.807, 2.05) is 0 Å². The van der Waals surface area contributed by atoms with E-state index in [2.05, 4.69) is 40.3 Å². The van der Waals surface area contributed by atoms with E-state index in [9.17, 15) is 53.2 Å². The maximum absolute atomic E-state index is 13.8. The number of nitrogens with one attached hydrogen (secondary N) is 2. The Morgan fingerprint density at radius 1 is 0.985 bits per heavy atom. The molecule has 0 radical (unpaired) electrons. The Bertz CT molecular complexity index is 3190. The van der Waals surface area contributed by atoms with Crippen LogP contribution in [0.4, 0.5) is 5.95 Å². The molecule has 0 saturated carbocycles. The van der Waals surface area contributed by atoms with Gasteiger partial charge >= 0.3 is 29.4 Å². The third kappa shape index (κ3) is 8.79. The quantitative estimate of drug-likeness (QED) is 0.0486. The lowest BCUT2D eigenvalue weighted by atomic mass is 9.77. The largest absolute Gasteiger partial charge is 0.503 e. The van der Waals surface area contributed by atoms with Crippen molar-refractivity contribution in [2.75, 3.05) is 33.1 Å². The third-order valence-corrected chi connectivity index (χ3v) is 14.9. The monoisotopic (exact) mass is 1050 g/mol. The van der Waals surface area contributed by atoms with E-state index >= 15 is 0 Å². The number of anilines is 1. The molecule has 1 spiro atoms. The summed E-state index contributed by atoms with van der Waals surface area (Å²) in [6.45, 7) is -1.32. The van der Waals surface area contributed by atoms with E-state index in [4.69, 9.17) is 62.4 Å². The van der Waals surface area contributed by atoms with Crippen molar-refractivity contribution < 1.29 is 95.0 Å². The zero-order valence-electron chi connectivity index (χ0n) is 34.2. The molecular formula is C37H32Cl2N5O21P3. The van der Waals surface area contributed by atoms with Crippen molar-refractivity contribution in [3.8, 4) is 46.3 Å². The van der Waals surface area contributed by atoms with Gasteiger partial charge < -0.3 is 74.2 Å². The first-order valence-corrected chi connectivity index (χ1v) is 24.2.